The lowest BCUT2D eigenvalue weighted by atomic mass is 10.1. The number of likely N-dealkylation sites (tertiary alicyclic amines) is 1. The number of piperidine rings is 1. The SMILES string of the molecule is O=C(Nc1ccc(OCCN2CCCCC2)c2ccccc12)c1ccc(-n2ccc(CF)n2)cc1. The zero-order valence-corrected chi connectivity index (χ0v) is 19.6. The number of nitrogens with zero attached hydrogens (tertiary/aromatic N) is 3. The second kappa shape index (κ2) is 10.7. The molecule has 1 aromatic heterocycles. The number of aromatic nitrogens is 2. The van der Waals surface area contributed by atoms with E-state index in [4.69, 9.17) is 4.74 Å². The Bertz CT molecular complexity index is 1300. The third-order valence-corrected chi connectivity index (χ3v) is 6.42. The summed E-state index contributed by atoms with van der Waals surface area (Å²) in [6, 6.07) is 20.5. The first-order valence-electron chi connectivity index (χ1n) is 12.1. The number of benzene rings is 3. The topological polar surface area (TPSA) is 59.4 Å². The van der Waals surface area contributed by atoms with E-state index in [9.17, 15) is 9.18 Å². The number of hydrogen-bond donors (Lipinski definition) is 1. The van der Waals surface area contributed by atoms with Gasteiger partial charge in [-0.2, -0.15) is 5.10 Å². The van der Waals surface area contributed by atoms with Crippen LogP contribution in [0.1, 0.15) is 35.3 Å². The van der Waals surface area contributed by atoms with Crippen LogP contribution in [0.2, 0.25) is 0 Å². The molecule has 1 saturated heterocycles. The van der Waals surface area contributed by atoms with Crippen LogP contribution in [-0.4, -0.2) is 46.8 Å². The van der Waals surface area contributed by atoms with E-state index >= 15 is 0 Å². The van der Waals surface area contributed by atoms with Gasteiger partial charge in [0.25, 0.3) is 5.91 Å². The Kier molecular flexibility index (Phi) is 7.04. The number of amides is 1. The molecule has 7 heteroatoms. The molecule has 35 heavy (non-hydrogen) atoms. The predicted octanol–water partition coefficient (Wildman–Crippen LogP) is 5.61. The first-order valence-corrected chi connectivity index (χ1v) is 12.1. The van der Waals surface area contributed by atoms with Gasteiger partial charge in [0.15, 0.2) is 0 Å². The number of rotatable bonds is 8. The fourth-order valence-electron chi connectivity index (χ4n) is 4.51. The smallest absolute Gasteiger partial charge is 0.255 e. The highest BCUT2D eigenvalue weighted by Gasteiger charge is 2.13. The van der Waals surface area contributed by atoms with Crippen LogP contribution in [0, 0.1) is 0 Å². The number of alkyl halides is 1. The van der Waals surface area contributed by atoms with Crippen molar-refractivity contribution in [3.8, 4) is 11.4 Å². The van der Waals surface area contributed by atoms with Gasteiger partial charge in [0.05, 0.1) is 11.4 Å². The van der Waals surface area contributed by atoms with Gasteiger partial charge in [-0.15, -0.1) is 0 Å². The van der Waals surface area contributed by atoms with Gasteiger partial charge in [0, 0.05) is 34.8 Å². The molecule has 0 spiro atoms. The fraction of sp³-hybridized carbons (Fsp3) is 0.286. The standard InChI is InChI=1S/C28H29FN4O2/c29-20-22-14-17-33(31-22)23-10-8-21(9-11-23)28(34)30-26-12-13-27(25-7-3-2-6-24(25)26)35-19-18-32-15-4-1-5-16-32/h2-3,6-14,17H,1,4-5,15-16,18-20H2,(H,30,34). The molecule has 1 N–H and O–H groups in total. The van der Waals surface area contributed by atoms with Crippen LogP contribution >= 0.6 is 0 Å². The molecule has 1 amide bonds. The molecule has 0 unspecified atom stereocenters. The molecule has 0 bridgehead atoms. The van der Waals surface area contributed by atoms with Gasteiger partial charge in [-0.25, -0.2) is 9.07 Å². The molecule has 0 saturated carbocycles. The maximum Gasteiger partial charge on any atom is 0.255 e. The molecule has 1 aliphatic rings. The maximum atomic E-state index is 13.0. The number of carbonyl (C=O) groups is 1. The summed E-state index contributed by atoms with van der Waals surface area (Å²) < 4.78 is 20.5. The first-order chi connectivity index (χ1) is 17.2. The van der Waals surface area contributed by atoms with Crippen molar-refractivity contribution in [3.05, 3.63) is 84.2 Å². The van der Waals surface area contributed by atoms with Crippen LogP contribution < -0.4 is 10.1 Å². The van der Waals surface area contributed by atoms with Crippen molar-refractivity contribution in [1.29, 1.82) is 0 Å². The quantitative estimate of drug-likeness (QED) is 0.362. The minimum Gasteiger partial charge on any atom is -0.492 e. The summed E-state index contributed by atoms with van der Waals surface area (Å²) in [6.07, 6.45) is 5.56. The Balaban J connectivity index is 1.28. The number of anilines is 1. The van der Waals surface area contributed by atoms with E-state index < -0.39 is 6.67 Å². The van der Waals surface area contributed by atoms with E-state index in [1.807, 2.05) is 36.4 Å². The van der Waals surface area contributed by atoms with Crippen molar-refractivity contribution >= 4 is 22.4 Å². The molecule has 0 radical (unpaired) electrons. The Morgan fingerprint density at radius 1 is 0.943 bits per heavy atom. The van der Waals surface area contributed by atoms with Gasteiger partial charge < -0.3 is 10.1 Å². The lowest BCUT2D eigenvalue weighted by Gasteiger charge is -2.26. The highest BCUT2D eigenvalue weighted by molar-refractivity contribution is 6.10. The molecule has 2 heterocycles. The summed E-state index contributed by atoms with van der Waals surface area (Å²) in [5, 5.41) is 9.10. The second-order valence-electron chi connectivity index (χ2n) is 8.79. The summed E-state index contributed by atoms with van der Waals surface area (Å²) in [5.74, 6) is 0.622. The van der Waals surface area contributed by atoms with Gasteiger partial charge in [0.2, 0.25) is 0 Å². The minimum absolute atomic E-state index is 0.203. The molecule has 4 aromatic rings. The van der Waals surface area contributed by atoms with Crippen molar-refractivity contribution in [2.75, 3.05) is 31.6 Å². The van der Waals surface area contributed by atoms with Crippen molar-refractivity contribution in [2.45, 2.75) is 25.9 Å². The zero-order valence-electron chi connectivity index (χ0n) is 19.6. The molecular weight excluding hydrogens is 443 g/mol. The lowest BCUT2D eigenvalue weighted by Crippen LogP contribution is -2.33. The van der Waals surface area contributed by atoms with Gasteiger partial charge in [0.1, 0.15) is 19.0 Å². The summed E-state index contributed by atoms with van der Waals surface area (Å²) in [4.78, 5) is 15.4. The van der Waals surface area contributed by atoms with Crippen molar-refractivity contribution in [3.63, 3.8) is 0 Å². The van der Waals surface area contributed by atoms with Crippen LogP contribution in [0.4, 0.5) is 10.1 Å². The largest absolute Gasteiger partial charge is 0.492 e. The van der Waals surface area contributed by atoms with Crippen molar-refractivity contribution < 1.29 is 13.9 Å². The number of nitrogens with one attached hydrogen (secondary N) is 1. The normalized spacial score (nSPS) is 14.2. The van der Waals surface area contributed by atoms with E-state index in [0.29, 0.717) is 17.9 Å². The molecule has 0 atom stereocenters. The molecule has 1 aliphatic heterocycles. The van der Waals surface area contributed by atoms with Crippen LogP contribution in [0.5, 0.6) is 5.75 Å². The van der Waals surface area contributed by atoms with Crippen molar-refractivity contribution in [1.82, 2.24) is 14.7 Å². The summed E-state index contributed by atoms with van der Waals surface area (Å²) >= 11 is 0. The lowest BCUT2D eigenvalue weighted by molar-refractivity contribution is 0.102. The van der Waals surface area contributed by atoms with E-state index in [0.717, 1.165) is 47.5 Å². The highest BCUT2D eigenvalue weighted by Crippen LogP contribution is 2.32. The minimum atomic E-state index is -0.607. The number of halogens is 1. The average Bonchev–Trinajstić information content (AvgIpc) is 3.40. The summed E-state index contributed by atoms with van der Waals surface area (Å²) in [5.41, 5.74) is 2.39. The Morgan fingerprint density at radius 2 is 1.71 bits per heavy atom. The van der Waals surface area contributed by atoms with Gasteiger partial charge in [-0.3, -0.25) is 9.69 Å². The van der Waals surface area contributed by atoms with Crippen LogP contribution in [0.15, 0.2) is 72.9 Å². The second-order valence-corrected chi connectivity index (χ2v) is 8.79. The summed E-state index contributed by atoms with van der Waals surface area (Å²) in [6.45, 7) is 3.26. The predicted molar refractivity (Wildman–Crippen MR) is 136 cm³/mol. The van der Waals surface area contributed by atoms with E-state index in [2.05, 4.69) is 15.3 Å². The zero-order chi connectivity index (χ0) is 24.0. The average molecular weight is 473 g/mol. The highest BCUT2D eigenvalue weighted by atomic mass is 19.1. The Morgan fingerprint density at radius 3 is 2.46 bits per heavy atom. The van der Waals surface area contributed by atoms with Crippen molar-refractivity contribution in [2.24, 2.45) is 0 Å². The van der Waals surface area contributed by atoms with Crippen LogP contribution in [0.25, 0.3) is 16.5 Å². The number of fused-ring (bicyclic) bond motifs is 1. The van der Waals surface area contributed by atoms with Gasteiger partial charge in [-0.1, -0.05) is 30.7 Å². The molecule has 1 fully saturated rings. The first kappa shape index (κ1) is 23.1. The van der Waals surface area contributed by atoms with E-state index in [1.54, 1.807) is 41.2 Å². The molecule has 180 valence electrons. The third-order valence-electron chi connectivity index (χ3n) is 6.42. The number of hydrogen-bond acceptors (Lipinski definition) is 4. The van der Waals surface area contributed by atoms with E-state index in [1.165, 1.54) is 19.3 Å². The van der Waals surface area contributed by atoms with Crippen LogP contribution in [0.3, 0.4) is 0 Å². The summed E-state index contributed by atoms with van der Waals surface area (Å²) in [7, 11) is 0. The van der Waals surface area contributed by atoms with E-state index in [-0.39, 0.29) is 5.91 Å². The Labute approximate surface area is 204 Å². The monoisotopic (exact) mass is 472 g/mol. The number of ether oxygens (including phenoxy) is 1. The molecule has 5 rings (SSSR count). The number of carbonyl (C=O) groups excluding carboxylic acids is 1. The maximum absolute atomic E-state index is 13.0. The molecule has 3 aromatic carbocycles. The van der Waals surface area contributed by atoms with Gasteiger partial charge in [-0.05, 0) is 68.4 Å². The molecular formula is C28H29FN4O2. The van der Waals surface area contributed by atoms with Gasteiger partial charge >= 0.3 is 0 Å². The molecule has 0 aliphatic carbocycles. The third kappa shape index (κ3) is 5.35. The van der Waals surface area contributed by atoms with Crippen LogP contribution in [-0.2, 0) is 6.67 Å². The fourth-order valence-corrected chi connectivity index (χ4v) is 4.51. The Hall–Kier alpha value is -3.71. The molecule has 6 nitrogen and oxygen atoms in total.